The molecule has 186 valence electrons. The summed E-state index contributed by atoms with van der Waals surface area (Å²) in [6.07, 6.45) is 5.00. The van der Waals surface area contributed by atoms with Gasteiger partial charge in [0, 0.05) is 75.1 Å². The molecule has 36 heavy (non-hydrogen) atoms. The lowest BCUT2D eigenvalue weighted by Gasteiger charge is -2.35. The van der Waals surface area contributed by atoms with Crippen molar-refractivity contribution in [2.45, 2.75) is 6.92 Å². The zero-order valence-electron chi connectivity index (χ0n) is 20.0. The molecule has 1 saturated heterocycles. The highest BCUT2D eigenvalue weighted by atomic mass is 35.5. The lowest BCUT2D eigenvalue weighted by atomic mass is 10.2. The Morgan fingerprint density at radius 3 is 2.50 bits per heavy atom. The first-order valence-electron chi connectivity index (χ1n) is 11.7. The van der Waals surface area contributed by atoms with Crippen molar-refractivity contribution in [1.82, 2.24) is 25.2 Å². The van der Waals surface area contributed by atoms with Crippen LogP contribution in [-0.2, 0) is 9.59 Å². The number of nitrogens with zero attached hydrogens (tertiary/aromatic N) is 5. The van der Waals surface area contributed by atoms with Crippen molar-refractivity contribution in [3.8, 4) is 11.4 Å². The molecule has 0 bridgehead atoms. The molecular weight excluding hydrogens is 478 g/mol. The van der Waals surface area contributed by atoms with Gasteiger partial charge in [-0.1, -0.05) is 17.7 Å². The van der Waals surface area contributed by atoms with E-state index in [2.05, 4.69) is 25.5 Å². The first-order chi connectivity index (χ1) is 17.5. The first-order valence-corrected chi connectivity index (χ1v) is 12.1. The Hall–Kier alpha value is -3.98. The molecule has 2 aromatic heterocycles. The van der Waals surface area contributed by atoms with Gasteiger partial charge in [-0.2, -0.15) is 0 Å². The Morgan fingerprint density at radius 1 is 1.03 bits per heavy atom. The highest BCUT2D eigenvalue weighted by molar-refractivity contribution is 6.30. The molecule has 10 heteroatoms. The fraction of sp³-hybridized carbons (Fsp3) is 0.269. The molecule has 0 aliphatic carbocycles. The molecule has 0 radical (unpaired) electrons. The number of amides is 2. The summed E-state index contributed by atoms with van der Waals surface area (Å²) in [5.74, 6) is 1.89. The van der Waals surface area contributed by atoms with Crippen molar-refractivity contribution < 1.29 is 9.59 Å². The van der Waals surface area contributed by atoms with E-state index in [0.29, 0.717) is 55.9 Å². The Kier molecular flexibility index (Phi) is 8.46. The number of aromatic nitrogens is 3. The molecule has 3 aromatic rings. The molecule has 1 aromatic carbocycles. The third-order valence-corrected chi connectivity index (χ3v) is 5.87. The molecule has 0 spiro atoms. The minimum Gasteiger partial charge on any atom is -0.368 e. The largest absolute Gasteiger partial charge is 0.368 e. The van der Waals surface area contributed by atoms with Gasteiger partial charge < -0.3 is 20.4 Å². The number of hydrogen-bond donors (Lipinski definition) is 2. The average Bonchev–Trinajstić information content (AvgIpc) is 2.90. The molecular formula is C26H28ClN7O2. The van der Waals surface area contributed by atoms with Gasteiger partial charge in [-0.25, -0.2) is 9.97 Å². The second kappa shape index (κ2) is 12.1. The standard InChI is InChI=1S/C26H28ClN7O2/c1-19(35)28-12-13-30-23-18-24(32-26(31-23)20-5-7-21(27)8-6-20)33-14-16-34(17-15-33)25(36)10-9-22-4-2-3-11-29-22/h2-11,18H,12-17H2,1H3,(H,28,35)(H,30,31,32)/b10-9+. The maximum Gasteiger partial charge on any atom is 0.246 e. The second-order valence-corrected chi connectivity index (χ2v) is 8.69. The van der Waals surface area contributed by atoms with E-state index < -0.39 is 0 Å². The summed E-state index contributed by atoms with van der Waals surface area (Å²) in [5.41, 5.74) is 1.60. The van der Waals surface area contributed by atoms with Crippen LogP contribution in [0.15, 0.2) is 60.8 Å². The van der Waals surface area contributed by atoms with Gasteiger partial charge in [0.25, 0.3) is 0 Å². The number of carbonyl (C=O) groups excluding carboxylic acids is 2. The number of rotatable bonds is 8. The smallest absolute Gasteiger partial charge is 0.246 e. The summed E-state index contributed by atoms with van der Waals surface area (Å²) < 4.78 is 0. The Balaban J connectivity index is 1.45. The van der Waals surface area contributed by atoms with Crippen molar-refractivity contribution in [3.05, 3.63) is 71.5 Å². The van der Waals surface area contributed by atoms with E-state index in [1.165, 1.54) is 6.92 Å². The fourth-order valence-electron chi connectivity index (χ4n) is 3.74. The Labute approximate surface area is 215 Å². The topological polar surface area (TPSA) is 103 Å². The Morgan fingerprint density at radius 2 is 1.81 bits per heavy atom. The summed E-state index contributed by atoms with van der Waals surface area (Å²) in [7, 11) is 0. The highest BCUT2D eigenvalue weighted by Gasteiger charge is 2.22. The van der Waals surface area contributed by atoms with Crippen molar-refractivity contribution in [1.29, 1.82) is 0 Å². The molecule has 2 amide bonds. The number of anilines is 2. The first kappa shape index (κ1) is 25.1. The van der Waals surface area contributed by atoms with Crippen LogP contribution in [0.4, 0.5) is 11.6 Å². The van der Waals surface area contributed by atoms with E-state index in [4.69, 9.17) is 16.6 Å². The number of halogens is 1. The summed E-state index contributed by atoms with van der Waals surface area (Å²) in [5, 5.41) is 6.67. The van der Waals surface area contributed by atoms with Crippen LogP contribution < -0.4 is 15.5 Å². The number of piperazine rings is 1. The van der Waals surface area contributed by atoms with Crippen molar-refractivity contribution in [3.63, 3.8) is 0 Å². The van der Waals surface area contributed by atoms with Crippen LogP contribution in [0.5, 0.6) is 0 Å². The summed E-state index contributed by atoms with van der Waals surface area (Å²) in [6, 6.07) is 14.9. The lowest BCUT2D eigenvalue weighted by Crippen LogP contribution is -2.48. The van der Waals surface area contributed by atoms with Gasteiger partial charge in [-0.05, 0) is 42.5 Å². The zero-order valence-corrected chi connectivity index (χ0v) is 20.8. The van der Waals surface area contributed by atoms with E-state index in [1.54, 1.807) is 30.5 Å². The summed E-state index contributed by atoms with van der Waals surface area (Å²) in [4.78, 5) is 41.4. The third-order valence-electron chi connectivity index (χ3n) is 5.62. The maximum atomic E-state index is 12.6. The predicted octanol–water partition coefficient (Wildman–Crippen LogP) is 3.10. The molecule has 3 heterocycles. The number of hydrogen-bond acceptors (Lipinski definition) is 7. The molecule has 4 rings (SSSR count). The average molecular weight is 506 g/mol. The van der Waals surface area contributed by atoms with Gasteiger partial charge in [0.1, 0.15) is 11.6 Å². The van der Waals surface area contributed by atoms with Crippen molar-refractivity contribution in [2.24, 2.45) is 0 Å². The SMILES string of the molecule is CC(=O)NCCNc1cc(N2CCN(C(=O)/C=C/c3ccccn3)CC2)nc(-c2ccc(Cl)cc2)n1. The van der Waals surface area contributed by atoms with Crippen LogP contribution >= 0.6 is 11.6 Å². The minimum absolute atomic E-state index is 0.0369. The monoisotopic (exact) mass is 505 g/mol. The lowest BCUT2D eigenvalue weighted by molar-refractivity contribution is -0.126. The van der Waals surface area contributed by atoms with E-state index in [-0.39, 0.29) is 11.8 Å². The molecule has 0 saturated carbocycles. The minimum atomic E-state index is -0.0793. The van der Waals surface area contributed by atoms with Crippen LogP contribution in [-0.4, -0.2) is 70.9 Å². The van der Waals surface area contributed by atoms with Crippen molar-refractivity contribution >= 4 is 41.1 Å². The van der Waals surface area contributed by atoms with Crippen molar-refractivity contribution in [2.75, 3.05) is 49.5 Å². The van der Waals surface area contributed by atoms with Crippen LogP contribution in [0.25, 0.3) is 17.5 Å². The van der Waals surface area contributed by atoms with Crippen LogP contribution in [0.1, 0.15) is 12.6 Å². The molecule has 1 aliphatic heterocycles. The van der Waals surface area contributed by atoms with E-state index in [0.717, 1.165) is 17.1 Å². The van der Waals surface area contributed by atoms with Crippen LogP contribution in [0.3, 0.4) is 0 Å². The van der Waals surface area contributed by atoms with Gasteiger partial charge in [-0.3, -0.25) is 14.6 Å². The third kappa shape index (κ3) is 7.02. The van der Waals surface area contributed by atoms with E-state index >= 15 is 0 Å². The number of carbonyl (C=O) groups is 2. The molecule has 0 atom stereocenters. The molecule has 1 aliphatic rings. The fourth-order valence-corrected chi connectivity index (χ4v) is 3.86. The van der Waals surface area contributed by atoms with Gasteiger partial charge in [0.05, 0.1) is 5.69 Å². The van der Waals surface area contributed by atoms with Crippen LogP contribution in [0, 0.1) is 0 Å². The Bertz CT molecular complexity index is 1210. The predicted molar refractivity (Wildman–Crippen MR) is 142 cm³/mol. The van der Waals surface area contributed by atoms with Gasteiger partial charge in [0.2, 0.25) is 11.8 Å². The number of pyridine rings is 1. The van der Waals surface area contributed by atoms with Gasteiger partial charge in [0.15, 0.2) is 5.82 Å². The maximum absolute atomic E-state index is 12.6. The highest BCUT2D eigenvalue weighted by Crippen LogP contribution is 2.24. The zero-order chi connectivity index (χ0) is 25.3. The summed E-state index contributed by atoms with van der Waals surface area (Å²) in [6.45, 7) is 4.95. The number of nitrogens with one attached hydrogen (secondary N) is 2. The summed E-state index contributed by atoms with van der Waals surface area (Å²) >= 11 is 6.05. The van der Waals surface area contributed by atoms with Gasteiger partial charge >= 0.3 is 0 Å². The number of benzene rings is 1. The molecule has 0 unspecified atom stereocenters. The van der Waals surface area contributed by atoms with E-state index in [1.807, 2.05) is 41.3 Å². The molecule has 9 nitrogen and oxygen atoms in total. The molecule has 1 fully saturated rings. The molecule has 2 N–H and O–H groups in total. The van der Waals surface area contributed by atoms with Crippen LogP contribution in [0.2, 0.25) is 5.02 Å². The van der Waals surface area contributed by atoms with Gasteiger partial charge in [-0.15, -0.1) is 0 Å². The van der Waals surface area contributed by atoms with E-state index in [9.17, 15) is 9.59 Å². The normalized spacial score (nSPS) is 13.6. The quantitative estimate of drug-likeness (QED) is 0.358. The second-order valence-electron chi connectivity index (χ2n) is 8.25.